The largest absolute Gasteiger partial charge is 0.423 e. The summed E-state index contributed by atoms with van der Waals surface area (Å²) in [6.45, 7) is 5.10. The van der Waals surface area contributed by atoms with Crippen LogP contribution in [0.15, 0.2) is 42.5 Å². The van der Waals surface area contributed by atoms with E-state index in [0.29, 0.717) is 11.3 Å². The first-order chi connectivity index (χ1) is 8.90. The molecule has 0 N–H and O–H groups in total. The summed E-state index contributed by atoms with van der Waals surface area (Å²) in [6.07, 6.45) is 3.18. The number of hydrogen-bond acceptors (Lipinski definition) is 3. The maximum atomic E-state index is 11.4. The number of benzene rings is 1. The lowest BCUT2D eigenvalue weighted by molar-refractivity contribution is -0.130. The van der Waals surface area contributed by atoms with Gasteiger partial charge in [0.15, 0.2) is 0 Å². The maximum absolute atomic E-state index is 11.4. The highest BCUT2D eigenvalue weighted by Gasteiger charge is 2.04. The van der Waals surface area contributed by atoms with Gasteiger partial charge in [-0.2, -0.15) is 0 Å². The van der Waals surface area contributed by atoms with Crippen LogP contribution >= 0.6 is 0 Å². The average molecular weight is 259 g/mol. The second-order valence-electron chi connectivity index (χ2n) is 4.30. The number of carbonyl (C=O) groups is 2. The van der Waals surface area contributed by atoms with Gasteiger partial charge >= 0.3 is 5.97 Å². The molecular weight excluding hydrogens is 242 g/mol. The van der Waals surface area contributed by atoms with Crippen LogP contribution in [0.2, 0.25) is 0 Å². The van der Waals surface area contributed by atoms with Crippen LogP contribution in [0.4, 0.5) is 0 Å². The number of nitrogens with zero attached hydrogens (tertiary/aromatic N) is 1. The maximum Gasteiger partial charge on any atom is 0.338 e. The summed E-state index contributed by atoms with van der Waals surface area (Å²) >= 11 is 0. The van der Waals surface area contributed by atoms with Crippen LogP contribution in [-0.2, 0) is 9.59 Å². The van der Waals surface area contributed by atoms with Crippen LogP contribution in [0.3, 0.4) is 0 Å². The molecule has 0 atom stereocenters. The minimum atomic E-state index is -0.453. The molecule has 0 bridgehead atoms. The fourth-order valence-electron chi connectivity index (χ4n) is 1.16. The lowest BCUT2D eigenvalue weighted by atomic mass is 10.2. The van der Waals surface area contributed by atoms with Crippen LogP contribution in [0, 0.1) is 0 Å². The van der Waals surface area contributed by atoms with Gasteiger partial charge < -0.3 is 9.64 Å². The predicted molar refractivity (Wildman–Crippen MR) is 74.6 cm³/mol. The second-order valence-corrected chi connectivity index (χ2v) is 4.30. The molecule has 0 aliphatic heterocycles. The van der Waals surface area contributed by atoms with Gasteiger partial charge in [0.2, 0.25) is 5.91 Å². The average Bonchev–Trinajstić information content (AvgIpc) is 2.37. The lowest BCUT2D eigenvalue weighted by Gasteiger charge is -2.05. The molecule has 0 saturated carbocycles. The van der Waals surface area contributed by atoms with E-state index >= 15 is 0 Å². The van der Waals surface area contributed by atoms with Crippen molar-refractivity contribution < 1.29 is 14.3 Å². The Balaban J connectivity index is 2.69. The summed E-state index contributed by atoms with van der Waals surface area (Å²) < 4.78 is 5.06. The molecule has 1 aromatic carbocycles. The zero-order valence-electron chi connectivity index (χ0n) is 11.3. The standard InChI is InChI=1S/C15H17NO3/c1-11(2)15(18)19-13-8-5-12(6-9-13)7-10-14(17)16(3)4/h5-10H,1H2,2-4H3/b10-7+. The molecule has 0 aromatic heterocycles. The lowest BCUT2D eigenvalue weighted by Crippen LogP contribution is -2.18. The molecule has 0 radical (unpaired) electrons. The first kappa shape index (κ1) is 14.7. The van der Waals surface area contributed by atoms with E-state index in [0.717, 1.165) is 5.56 Å². The summed E-state index contributed by atoms with van der Waals surface area (Å²) in [5.41, 5.74) is 1.20. The van der Waals surface area contributed by atoms with E-state index in [4.69, 9.17) is 4.74 Å². The van der Waals surface area contributed by atoms with E-state index in [2.05, 4.69) is 6.58 Å². The van der Waals surface area contributed by atoms with Gasteiger partial charge in [0.05, 0.1) is 0 Å². The van der Waals surface area contributed by atoms with Gasteiger partial charge in [-0.15, -0.1) is 0 Å². The molecule has 1 amide bonds. The monoisotopic (exact) mass is 259 g/mol. The molecule has 0 fully saturated rings. The zero-order valence-corrected chi connectivity index (χ0v) is 11.3. The highest BCUT2D eigenvalue weighted by molar-refractivity contribution is 5.91. The smallest absolute Gasteiger partial charge is 0.338 e. The van der Waals surface area contributed by atoms with Crippen molar-refractivity contribution in [2.45, 2.75) is 6.92 Å². The molecule has 0 saturated heterocycles. The fraction of sp³-hybridized carbons (Fsp3) is 0.200. The van der Waals surface area contributed by atoms with E-state index < -0.39 is 5.97 Å². The van der Waals surface area contributed by atoms with Gasteiger partial charge in [-0.25, -0.2) is 4.79 Å². The molecule has 4 nitrogen and oxygen atoms in total. The van der Waals surface area contributed by atoms with Gasteiger partial charge in [0.1, 0.15) is 5.75 Å². The third-order valence-corrected chi connectivity index (χ3v) is 2.30. The van der Waals surface area contributed by atoms with E-state index in [-0.39, 0.29) is 5.91 Å². The Labute approximate surface area is 113 Å². The van der Waals surface area contributed by atoms with Crippen LogP contribution in [0.5, 0.6) is 5.75 Å². The van der Waals surface area contributed by atoms with Crippen molar-refractivity contribution in [1.29, 1.82) is 0 Å². The molecule has 0 heterocycles. The first-order valence-electron chi connectivity index (χ1n) is 5.77. The molecule has 1 aromatic rings. The topological polar surface area (TPSA) is 46.6 Å². The summed E-state index contributed by atoms with van der Waals surface area (Å²) in [6, 6.07) is 6.86. The van der Waals surface area contributed by atoms with Gasteiger partial charge in [-0.1, -0.05) is 18.7 Å². The second kappa shape index (κ2) is 6.54. The van der Waals surface area contributed by atoms with Crippen LogP contribution < -0.4 is 4.74 Å². The SMILES string of the molecule is C=C(C)C(=O)Oc1ccc(/C=C/C(=O)N(C)C)cc1. The summed E-state index contributed by atoms with van der Waals surface area (Å²) in [5.74, 6) is -0.0899. The number of esters is 1. The summed E-state index contributed by atoms with van der Waals surface area (Å²) in [7, 11) is 3.37. The van der Waals surface area contributed by atoms with E-state index in [9.17, 15) is 9.59 Å². The van der Waals surface area contributed by atoms with E-state index in [1.165, 1.54) is 11.0 Å². The minimum Gasteiger partial charge on any atom is -0.423 e. The molecule has 0 unspecified atom stereocenters. The van der Waals surface area contributed by atoms with Crippen LogP contribution in [-0.4, -0.2) is 30.9 Å². The predicted octanol–water partition coefficient (Wildman–Crippen LogP) is 2.27. The summed E-state index contributed by atoms with van der Waals surface area (Å²) in [4.78, 5) is 24.2. The number of amides is 1. The quantitative estimate of drug-likeness (QED) is 0.473. The van der Waals surface area contributed by atoms with Crippen molar-refractivity contribution in [2.24, 2.45) is 0 Å². The Hall–Kier alpha value is -2.36. The molecule has 4 heteroatoms. The fourth-order valence-corrected chi connectivity index (χ4v) is 1.16. The first-order valence-corrected chi connectivity index (χ1v) is 5.77. The Morgan fingerprint density at radius 1 is 1.21 bits per heavy atom. The van der Waals surface area contributed by atoms with Crippen molar-refractivity contribution in [3.63, 3.8) is 0 Å². The number of rotatable bonds is 4. The number of hydrogen-bond donors (Lipinski definition) is 0. The molecule has 0 aliphatic rings. The Morgan fingerprint density at radius 3 is 2.26 bits per heavy atom. The van der Waals surface area contributed by atoms with E-state index in [1.807, 2.05) is 0 Å². The van der Waals surface area contributed by atoms with Crippen LogP contribution in [0.1, 0.15) is 12.5 Å². The third kappa shape index (κ3) is 4.79. The summed E-state index contributed by atoms with van der Waals surface area (Å²) in [5, 5.41) is 0. The van der Waals surface area contributed by atoms with E-state index in [1.54, 1.807) is 51.4 Å². The van der Waals surface area contributed by atoms with Crippen molar-refractivity contribution in [3.8, 4) is 5.75 Å². The zero-order chi connectivity index (χ0) is 14.4. The Bertz CT molecular complexity index is 513. The van der Waals surface area contributed by atoms with Gasteiger partial charge in [-0.05, 0) is 30.7 Å². The molecule has 0 aliphatic carbocycles. The highest BCUT2D eigenvalue weighted by atomic mass is 16.5. The molecule has 100 valence electrons. The van der Waals surface area contributed by atoms with Crippen molar-refractivity contribution in [2.75, 3.05) is 14.1 Å². The van der Waals surface area contributed by atoms with Crippen molar-refractivity contribution >= 4 is 18.0 Å². The third-order valence-electron chi connectivity index (χ3n) is 2.30. The Kier molecular flexibility index (Phi) is 5.06. The van der Waals surface area contributed by atoms with Crippen molar-refractivity contribution in [1.82, 2.24) is 4.90 Å². The van der Waals surface area contributed by atoms with Gasteiger partial charge in [0, 0.05) is 25.7 Å². The minimum absolute atomic E-state index is 0.0854. The molecule has 0 spiro atoms. The molecule has 1 rings (SSSR count). The number of ether oxygens (including phenoxy) is 1. The molecular formula is C15H17NO3. The number of carbonyl (C=O) groups excluding carboxylic acids is 2. The van der Waals surface area contributed by atoms with Gasteiger partial charge in [-0.3, -0.25) is 4.79 Å². The van der Waals surface area contributed by atoms with Gasteiger partial charge in [0.25, 0.3) is 0 Å². The van der Waals surface area contributed by atoms with Crippen molar-refractivity contribution in [3.05, 3.63) is 48.1 Å². The highest BCUT2D eigenvalue weighted by Crippen LogP contribution is 2.14. The normalized spacial score (nSPS) is 10.3. The molecule has 19 heavy (non-hydrogen) atoms. The van der Waals surface area contributed by atoms with Crippen LogP contribution in [0.25, 0.3) is 6.08 Å². The Morgan fingerprint density at radius 2 is 1.79 bits per heavy atom. The number of likely N-dealkylation sites (N-methyl/N-ethyl adjacent to an activating group) is 1.